The number of aliphatic hydroxyl groups excluding tert-OH is 4. The number of halogens is 3. The highest BCUT2D eigenvalue weighted by molar-refractivity contribution is 5.64. The van der Waals surface area contributed by atoms with Crippen LogP contribution in [0.4, 0.5) is 13.2 Å². The monoisotopic (exact) mass is 416 g/mol. The summed E-state index contributed by atoms with van der Waals surface area (Å²) in [6.45, 7) is 1.07. The summed E-state index contributed by atoms with van der Waals surface area (Å²) >= 11 is 0. The highest BCUT2D eigenvalue weighted by Crippen LogP contribution is 2.31. The molecule has 2 heterocycles. The molecule has 1 aromatic heterocycles. The van der Waals surface area contributed by atoms with E-state index >= 15 is 0 Å². The van der Waals surface area contributed by atoms with Crippen LogP contribution in [0.3, 0.4) is 0 Å². The lowest BCUT2D eigenvalue weighted by molar-refractivity contribution is -0.277. The summed E-state index contributed by atoms with van der Waals surface area (Å²) in [6, 6.07) is 4.67. The molecule has 29 heavy (non-hydrogen) atoms. The molecule has 3 rings (SSSR count). The van der Waals surface area contributed by atoms with Crippen molar-refractivity contribution in [2.24, 2.45) is 0 Å². The van der Waals surface area contributed by atoms with Crippen LogP contribution in [0.5, 0.6) is 5.75 Å². The molecule has 11 heteroatoms. The van der Waals surface area contributed by atoms with Gasteiger partial charge in [0.1, 0.15) is 30.2 Å². The number of hydrogen-bond acceptors (Lipinski definition) is 8. The molecule has 0 bridgehead atoms. The first-order chi connectivity index (χ1) is 13.6. The Kier molecular flexibility index (Phi) is 6.05. The summed E-state index contributed by atoms with van der Waals surface area (Å²) in [7, 11) is 0. The Bertz CT molecular complexity index is 846. The Balaban J connectivity index is 1.78. The predicted octanol–water partition coefficient (Wildman–Crippen LogP) is 0.650. The van der Waals surface area contributed by atoms with E-state index in [1.54, 1.807) is 19.1 Å². The van der Waals surface area contributed by atoms with Crippen LogP contribution < -0.4 is 4.74 Å². The van der Waals surface area contributed by atoms with Crippen LogP contribution in [0.2, 0.25) is 0 Å². The second-order valence-electron chi connectivity index (χ2n) is 6.59. The Morgan fingerprint density at radius 3 is 2.24 bits per heavy atom. The van der Waals surface area contributed by atoms with Gasteiger partial charge in [0.2, 0.25) is 12.1 Å². The van der Waals surface area contributed by atoms with E-state index in [2.05, 4.69) is 9.97 Å². The lowest BCUT2D eigenvalue weighted by Crippen LogP contribution is -2.60. The van der Waals surface area contributed by atoms with Crippen LogP contribution >= 0.6 is 0 Å². The summed E-state index contributed by atoms with van der Waals surface area (Å²) in [6.07, 6.45) is -9.60. The molecule has 1 fully saturated rings. The number of rotatable bonds is 4. The van der Waals surface area contributed by atoms with E-state index in [9.17, 15) is 33.6 Å². The molecule has 158 valence electrons. The number of hydrogen-bond donors (Lipinski definition) is 4. The van der Waals surface area contributed by atoms with Crippen LogP contribution in [0, 0.1) is 6.92 Å². The maximum Gasteiger partial charge on any atom is 0.451 e. The van der Waals surface area contributed by atoms with E-state index < -0.39 is 49.3 Å². The van der Waals surface area contributed by atoms with Crippen LogP contribution in [-0.4, -0.2) is 67.7 Å². The first-order valence-electron chi connectivity index (χ1n) is 8.59. The molecule has 1 aliphatic heterocycles. The maximum absolute atomic E-state index is 12.6. The first kappa shape index (κ1) is 21.4. The fourth-order valence-corrected chi connectivity index (χ4v) is 2.87. The summed E-state index contributed by atoms with van der Waals surface area (Å²) in [5.41, 5.74) is 1.46. The minimum absolute atomic E-state index is 0.269. The van der Waals surface area contributed by atoms with Crippen molar-refractivity contribution in [3.63, 3.8) is 0 Å². The number of benzene rings is 1. The van der Waals surface area contributed by atoms with Crippen molar-refractivity contribution in [1.29, 1.82) is 0 Å². The second-order valence-corrected chi connectivity index (χ2v) is 6.59. The van der Waals surface area contributed by atoms with Gasteiger partial charge < -0.3 is 29.9 Å². The fourth-order valence-electron chi connectivity index (χ4n) is 2.87. The van der Waals surface area contributed by atoms with Crippen molar-refractivity contribution in [1.82, 2.24) is 9.97 Å². The van der Waals surface area contributed by atoms with Gasteiger partial charge in [-0.2, -0.15) is 13.2 Å². The highest BCUT2D eigenvalue weighted by Gasteiger charge is 2.44. The van der Waals surface area contributed by atoms with Crippen molar-refractivity contribution in [3.05, 3.63) is 42.0 Å². The average Bonchev–Trinajstić information content (AvgIpc) is 2.69. The third-order valence-corrected chi connectivity index (χ3v) is 4.51. The van der Waals surface area contributed by atoms with Gasteiger partial charge >= 0.3 is 6.18 Å². The zero-order valence-corrected chi connectivity index (χ0v) is 15.1. The Hall–Kier alpha value is -2.31. The number of alkyl halides is 3. The smallest absolute Gasteiger partial charge is 0.451 e. The molecule has 5 atom stereocenters. The summed E-state index contributed by atoms with van der Waals surface area (Å²) in [4.78, 5) is 6.64. The summed E-state index contributed by atoms with van der Waals surface area (Å²) in [5.74, 6) is -0.966. The van der Waals surface area contributed by atoms with Gasteiger partial charge in [-0.1, -0.05) is 6.07 Å². The summed E-state index contributed by atoms with van der Waals surface area (Å²) in [5, 5.41) is 38.9. The lowest BCUT2D eigenvalue weighted by atomic mass is 9.99. The van der Waals surface area contributed by atoms with Crippen LogP contribution in [0.1, 0.15) is 11.4 Å². The van der Waals surface area contributed by atoms with Gasteiger partial charge in [0.05, 0.1) is 6.61 Å². The van der Waals surface area contributed by atoms with Crippen LogP contribution in [0.15, 0.2) is 30.6 Å². The van der Waals surface area contributed by atoms with Crippen molar-refractivity contribution < 1.29 is 43.1 Å². The molecule has 0 unspecified atom stereocenters. The topological polar surface area (TPSA) is 125 Å². The Labute approximate surface area is 163 Å². The quantitative estimate of drug-likeness (QED) is 0.573. The molecule has 4 N–H and O–H groups in total. The van der Waals surface area contributed by atoms with E-state index in [4.69, 9.17) is 9.47 Å². The molecule has 1 aliphatic rings. The molecule has 0 amide bonds. The molecule has 1 saturated heterocycles. The highest BCUT2D eigenvalue weighted by atomic mass is 19.4. The standard InChI is InChI=1S/C18H19F3N2O6/c1-8-4-9(10-5-22-17(23-6-10)18(19,20)21)2-3-11(8)28-16-15(27)14(26)13(25)12(7-24)29-16/h2-6,12-16,24-27H,7H2,1H3/t12-,13-,14+,15+,16+/m1/s1. The number of nitrogens with zero attached hydrogens (tertiary/aromatic N) is 2. The van der Waals surface area contributed by atoms with E-state index in [1.165, 1.54) is 6.07 Å². The number of aliphatic hydroxyl groups is 4. The van der Waals surface area contributed by atoms with Crippen LogP contribution in [0.25, 0.3) is 11.1 Å². The minimum Gasteiger partial charge on any atom is -0.462 e. The van der Waals surface area contributed by atoms with Crippen LogP contribution in [-0.2, 0) is 10.9 Å². The predicted molar refractivity (Wildman–Crippen MR) is 91.6 cm³/mol. The van der Waals surface area contributed by atoms with Gasteiger partial charge in [0.25, 0.3) is 0 Å². The van der Waals surface area contributed by atoms with Crippen molar-refractivity contribution in [2.45, 2.75) is 43.8 Å². The number of aromatic nitrogens is 2. The van der Waals surface area contributed by atoms with Gasteiger partial charge in [0, 0.05) is 18.0 Å². The van der Waals surface area contributed by atoms with Crippen molar-refractivity contribution in [2.75, 3.05) is 6.61 Å². The normalized spacial score (nSPS) is 27.7. The largest absolute Gasteiger partial charge is 0.462 e. The molecule has 2 aromatic rings. The van der Waals surface area contributed by atoms with E-state index in [0.717, 1.165) is 12.4 Å². The molecule has 8 nitrogen and oxygen atoms in total. The second kappa shape index (κ2) is 8.20. The molecular formula is C18H19F3N2O6. The SMILES string of the molecule is Cc1cc(-c2cnc(C(F)(F)F)nc2)ccc1O[C@H]1O[C@H](CO)[C@@H](O)[C@H](O)[C@@H]1O. The first-order valence-corrected chi connectivity index (χ1v) is 8.59. The number of ether oxygens (including phenoxy) is 2. The minimum atomic E-state index is -4.63. The molecule has 0 aliphatic carbocycles. The van der Waals surface area contributed by atoms with E-state index in [-0.39, 0.29) is 5.75 Å². The molecule has 1 aromatic carbocycles. The van der Waals surface area contributed by atoms with Gasteiger partial charge in [-0.25, -0.2) is 9.97 Å². The van der Waals surface area contributed by atoms with Crippen molar-refractivity contribution >= 4 is 0 Å². The van der Waals surface area contributed by atoms with Crippen molar-refractivity contribution in [3.8, 4) is 16.9 Å². The molecular weight excluding hydrogens is 397 g/mol. The maximum atomic E-state index is 12.6. The Morgan fingerprint density at radius 2 is 1.69 bits per heavy atom. The van der Waals surface area contributed by atoms with Gasteiger partial charge in [-0.05, 0) is 30.2 Å². The zero-order valence-electron chi connectivity index (χ0n) is 15.1. The van der Waals surface area contributed by atoms with E-state index in [0.29, 0.717) is 16.7 Å². The van der Waals surface area contributed by atoms with Gasteiger partial charge in [0.15, 0.2) is 0 Å². The van der Waals surface area contributed by atoms with E-state index in [1.807, 2.05) is 0 Å². The fraction of sp³-hybridized carbons (Fsp3) is 0.444. The molecule has 0 radical (unpaired) electrons. The van der Waals surface area contributed by atoms with Gasteiger partial charge in [-0.15, -0.1) is 0 Å². The number of aryl methyl sites for hydroxylation is 1. The molecule has 0 saturated carbocycles. The third kappa shape index (κ3) is 4.49. The average molecular weight is 416 g/mol. The van der Waals surface area contributed by atoms with Gasteiger partial charge in [-0.3, -0.25) is 0 Å². The summed E-state index contributed by atoms with van der Waals surface area (Å²) < 4.78 is 48.6. The third-order valence-electron chi connectivity index (χ3n) is 4.51. The Morgan fingerprint density at radius 1 is 1.03 bits per heavy atom. The zero-order chi connectivity index (χ0) is 21.3. The lowest BCUT2D eigenvalue weighted by Gasteiger charge is -2.39. The molecule has 0 spiro atoms.